The van der Waals surface area contributed by atoms with Crippen LogP contribution in [-0.4, -0.2) is 55.7 Å². The minimum Gasteiger partial charge on any atom is -0.459 e. The summed E-state index contributed by atoms with van der Waals surface area (Å²) in [6.07, 6.45) is -0.142. The van der Waals surface area contributed by atoms with Crippen molar-refractivity contribution in [3.05, 3.63) is 51.2 Å². The van der Waals surface area contributed by atoms with Gasteiger partial charge in [-0.3, -0.25) is 9.69 Å². The molecule has 0 radical (unpaired) electrons. The fraction of sp³-hybridized carbons (Fsp3) is 0.429. The maximum Gasteiger partial charge on any atom is 0.338 e. The number of esters is 1. The number of rotatable bonds is 7. The smallest absolute Gasteiger partial charge is 0.338 e. The van der Waals surface area contributed by atoms with Crippen molar-refractivity contribution in [1.29, 1.82) is 0 Å². The Morgan fingerprint density at radius 1 is 1.38 bits per heavy atom. The van der Waals surface area contributed by atoms with Gasteiger partial charge in [-0.05, 0) is 35.6 Å². The van der Waals surface area contributed by atoms with E-state index in [1.165, 1.54) is 17.4 Å². The van der Waals surface area contributed by atoms with Gasteiger partial charge in [0.15, 0.2) is 0 Å². The van der Waals surface area contributed by atoms with Gasteiger partial charge in [0.1, 0.15) is 12.7 Å². The van der Waals surface area contributed by atoms with Crippen LogP contribution >= 0.6 is 22.9 Å². The topological polar surface area (TPSA) is 67.9 Å². The first-order chi connectivity index (χ1) is 13.9. The molecule has 29 heavy (non-hydrogen) atoms. The minimum absolute atomic E-state index is 0.142. The fourth-order valence-corrected chi connectivity index (χ4v) is 3.94. The Hall–Kier alpha value is -1.93. The monoisotopic (exact) mass is 436 g/mol. The number of carbonyl (C=O) groups excluding carboxylic acids is 2. The molecule has 156 valence electrons. The maximum absolute atomic E-state index is 12.5. The Balaban J connectivity index is 1.57. The molecule has 8 heteroatoms. The van der Waals surface area contributed by atoms with Gasteiger partial charge in [-0.15, -0.1) is 11.3 Å². The number of hydrogen-bond donors (Lipinski definition) is 1. The molecule has 0 aliphatic carbocycles. The Morgan fingerprint density at radius 3 is 2.93 bits per heavy atom. The summed E-state index contributed by atoms with van der Waals surface area (Å²) < 4.78 is 11.2. The SMILES string of the molecule is CC(C)CN1CCOC(COC(=O)c2ccc(Cl)c(NC(=O)c3cccs3)c2)C1. The third-order valence-electron chi connectivity index (χ3n) is 4.44. The molecule has 1 amide bonds. The number of thiophene rings is 1. The van der Waals surface area contributed by atoms with Gasteiger partial charge in [-0.2, -0.15) is 0 Å². The average Bonchev–Trinajstić information content (AvgIpc) is 3.22. The van der Waals surface area contributed by atoms with E-state index in [4.69, 9.17) is 21.1 Å². The van der Waals surface area contributed by atoms with Gasteiger partial charge in [-0.1, -0.05) is 31.5 Å². The van der Waals surface area contributed by atoms with Gasteiger partial charge in [0, 0.05) is 19.6 Å². The zero-order valence-corrected chi connectivity index (χ0v) is 18.1. The number of halogens is 1. The van der Waals surface area contributed by atoms with Crippen molar-refractivity contribution in [2.75, 3.05) is 38.2 Å². The second-order valence-electron chi connectivity index (χ2n) is 7.37. The van der Waals surface area contributed by atoms with E-state index in [0.717, 1.165) is 19.6 Å². The lowest BCUT2D eigenvalue weighted by Gasteiger charge is -2.33. The standard InChI is InChI=1S/C21H25ClN2O4S/c1-14(2)11-24-7-8-27-16(12-24)13-28-21(26)15-5-6-17(22)18(10-15)23-20(25)19-4-3-9-29-19/h3-6,9-10,14,16H,7-8,11-13H2,1-2H3,(H,23,25). The molecule has 1 aromatic carbocycles. The predicted octanol–water partition coefficient (Wildman–Crippen LogP) is 4.17. The number of amides is 1. The van der Waals surface area contributed by atoms with Crippen LogP contribution in [0.1, 0.15) is 33.9 Å². The molecule has 6 nitrogen and oxygen atoms in total. The summed E-state index contributed by atoms with van der Waals surface area (Å²) in [5.74, 6) is -0.167. The molecule has 3 rings (SSSR count). The van der Waals surface area contributed by atoms with E-state index < -0.39 is 5.97 Å². The van der Waals surface area contributed by atoms with Crippen molar-refractivity contribution in [3.63, 3.8) is 0 Å². The van der Waals surface area contributed by atoms with Crippen LogP contribution < -0.4 is 5.32 Å². The number of carbonyl (C=O) groups is 2. The molecule has 1 atom stereocenters. The molecule has 0 bridgehead atoms. The summed E-state index contributed by atoms with van der Waals surface area (Å²) in [5, 5.41) is 4.91. The summed E-state index contributed by atoms with van der Waals surface area (Å²) in [5.41, 5.74) is 0.697. The highest BCUT2D eigenvalue weighted by Gasteiger charge is 2.23. The molecular weight excluding hydrogens is 412 g/mol. The van der Waals surface area contributed by atoms with E-state index in [-0.39, 0.29) is 18.6 Å². The Kier molecular flexibility index (Phi) is 7.66. The lowest BCUT2D eigenvalue weighted by molar-refractivity contribution is -0.0612. The molecular formula is C21H25ClN2O4S. The molecule has 0 spiro atoms. The van der Waals surface area contributed by atoms with Crippen LogP contribution in [0.5, 0.6) is 0 Å². The van der Waals surface area contributed by atoms with Crippen molar-refractivity contribution in [2.24, 2.45) is 5.92 Å². The molecule has 1 aliphatic heterocycles. The molecule has 1 unspecified atom stereocenters. The van der Waals surface area contributed by atoms with Crippen LogP contribution in [0.3, 0.4) is 0 Å². The lowest BCUT2D eigenvalue weighted by Crippen LogP contribution is -2.45. The Bertz CT molecular complexity index is 841. The molecule has 1 fully saturated rings. The van der Waals surface area contributed by atoms with E-state index >= 15 is 0 Å². The largest absolute Gasteiger partial charge is 0.459 e. The van der Waals surface area contributed by atoms with Crippen LogP contribution in [0.15, 0.2) is 35.7 Å². The number of anilines is 1. The van der Waals surface area contributed by atoms with E-state index in [9.17, 15) is 9.59 Å². The van der Waals surface area contributed by atoms with Gasteiger partial charge in [0.25, 0.3) is 5.91 Å². The highest BCUT2D eigenvalue weighted by Crippen LogP contribution is 2.25. The van der Waals surface area contributed by atoms with E-state index in [0.29, 0.717) is 33.7 Å². The zero-order chi connectivity index (χ0) is 20.8. The van der Waals surface area contributed by atoms with E-state index in [2.05, 4.69) is 24.1 Å². The third-order valence-corrected chi connectivity index (χ3v) is 5.64. The highest BCUT2D eigenvalue weighted by molar-refractivity contribution is 7.12. The molecule has 1 aromatic heterocycles. The lowest BCUT2D eigenvalue weighted by atomic mass is 10.2. The highest BCUT2D eigenvalue weighted by atomic mass is 35.5. The molecule has 0 saturated carbocycles. The second-order valence-corrected chi connectivity index (χ2v) is 8.73. The number of benzene rings is 1. The normalized spacial score (nSPS) is 17.3. The van der Waals surface area contributed by atoms with Crippen molar-refractivity contribution in [1.82, 2.24) is 4.90 Å². The minimum atomic E-state index is -0.474. The summed E-state index contributed by atoms with van der Waals surface area (Å²) in [7, 11) is 0. The van der Waals surface area contributed by atoms with Gasteiger partial charge in [0.05, 0.1) is 27.8 Å². The summed E-state index contributed by atoms with van der Waals surface area (Å²) in [6, 6.07) is 8.20. The molecule has 1 aliphatic rings. The number of hydrogen-bond acceptors (Lipinski definition) is 6. The predicted molar refractivity (Wildman–Crippen MR) is 115 cm³/mol. The Labute approximate surface area is 179 Å². The summed E-state index contributed by atoms with van der Waals surface area (Å²) >= 11 is 7.50. The Morgan fingerprint density at radius 2 is 2.21 bits per heavy atom. The van der Waals surface area contributed by atoms with Crippen LogP contribution in [0.2, 0.25) is 5.02 Å². The number of nitrogens with one attached hydrogen (secondary N) is 1. The fourth-order valence-electron chi connectivity index (χ4n) is 3.16. The van der Waals surface area contributed by atoms with E-state index in [1.807, 2.05) is 5.38 Å². The first kappa shape index (κ1) is 21.8. The van der Waals surface area contributed by atoms with Gasteiger partial charge < -0.3 is 14.8 Å². The number of ether oxygens (including phenoxy) is 2. The van der Waals surface area contributed by atoms with Gasteiger partial charge >= 0.3 is 5.97 Å². The molecule has 2 heterocycles. The van der Waals surface area contributed by atoms with Crippen LogP contribution in [0.25, 0.3) is 0 Å². The van der Waals surface area contributed by atoms with Crippen LogP contribution in [0.4, 0.5) is 5.69 Å². The van der Waals surface area contributed by atoms with Crippen LogP contribution in [-0.2, 0) is 9.47 Å². The van der Waals surface area contributed by atoms with Crippen LogP contribution in [0, 0.1) is 5.92 Å². The second kappa shape index (κ2) is 10.2. The summed E-state index contributed by atoms with van der Waals surface area (Å²) in [4.78, 5) is 27.6. The van der Waals surface area contributed by atoms with E-state index in [1.54, 1.807) is 24.3 Å². The number of morpholine rings is 1. The zero-order valence-electron chi connectivity index (χ0n) is 16.5. The van der Waals surface area contributed by atoms with Crippen molar-refractivity contribution < 1.29 is 19.1 Å². The van der Waals surface area contributed by atoms with Crippen molar-refractivity contribution in [3.8, 4) is 0 Å². The van der Waals surface area contributed by atoms with Gasteiger partial charge in [0.2, 0.25) is 0 Å². The van der Waals surface area contributed by atoms with Gasteiger partial charge in [-0.25, -0.2) is 4.79 Å². The number of nitrogens with zero attached hydrogens (tertiary/aromatic N) is 1. The third kappa shape index (κ3) is 6.27. The quantitative estimate of drug-likeness (QED) is 0.660. The first-order valence-electron chi connectivity index (χ1n) is 9.58. The molecule has 2 aromatic rings. The average molecular weight is 437 g/mol. The maximum atomic E-state index is 12.5. The first-order valence-corrected chi connectivity index (χ1v) is 10.8. The summed E-state index contributed by atoms with van der Waals surface area (Å²) in [6.45, 7) is 7.82. The molecule has 1 N–H and O–H groups in total. The molecule has 1 saturated heterocycles. The van der Waals surface area contributed by atoms with Crippen molar-refractivity contribution in [2.45, 2.75) is 20.0 Å². The van der Waals surface area contributed by atoms with Crippen molar-refractivity contribution >= 4 is 40.5 Å².